The molecule has 0 aliphatic heterocycles. The Kier molecular flexibility index (Phi) is 7.55. The first-order chi connectivity index (χ1) is 10.7. The topological polar surface area (TPSA) is 61.4 Å². The van der Waals surface area contributed by atoms with Crippen LogP contribution in [0.5, 0.6) is 0 Å². The number of carbonyl (C=O) groups is 1. The van der Waals surface area contributed by atoms with Gasteiger partial charge in [-0.3, -0.25) is 4.21 Å². The summed E-state index contributed by atoms with van der Waals surface area (Å²) in [5.74, 6) is 0.469. The molecule has 130 valence electrons. The molecule has 0 aliphatic carbocycles. The van der Waals surface area contributed by atoms with Gasteiger partial charge in [0.15, 0.2) is 0 Å². The van der Waals surface area contributed by atoms with Crippen LogP contribution in [0.25, 0.3) is 0 Å². The summed E-state index contributed by atoms with van der Waals surface area (Å²) in [4.78, 5) is 13.9. The fourth-order valence-electron chi connectivity index (χ4n) is 1.92. The molecule has 2 amide bonds. The highest BCUT2D eigenvalue weighted by atomic mass is 32.2. The zero-order valence-electron chi connectivity index (χ0n) is 14.8. The Balaban J connectivity index is 2.29. The van der Waals surface area contributed by atoms with Crippen LogP contribution in [0.3, 0.4) is 0 Å². The summed E-state index contributed by atoms with van der Waals surface area (Å²) in [6.45, 7) is 8.82. The van der Waals surface area contributed by atoms with E-state index < -0.39 is 10.8 Å². The van der Waals surface area contributed by atoms with E-state index in [4.69, 9.17) is 0 Å². The van der Waals surface area contributed by atoms with Gasteiger partial charge in [-0.15, -0.1) is 0 Å². The molecule has 0 aromatic heterocycles. The molecule has 1 rings (SSSR count). The third kappa shape index (κ3) is 7.03. The number of amides is 2. The summed E-state index contributed by atoms with van der Waals surface area (Å²) < 4.78 is 11.6. The summed E-state index contributed by atoms with van der Waals surface area (Å²) in [6, 6.07) is 10.0. The third-order valence-electron chi connectivity index (χ3n) is 3.64. The second kappa shape index (κ2) is 8.91. The summed E-state index contributed by atoms with van der Waals surface area (Å²) in [6.07, 6.45) is 0. The Morgan fingerprint density at radius 2 is 1.83 bits per heavy atom. The van der Waals surface area contributed by atoms with Crippen molar-refractivity contribution >= 4 is 22.5 Å². The predicted octanol–water partition coefficient (Wildman–Crippen LogP) is 2.36. The predicted molar refractivity (Wildman–Crippen MR) is 98.5 cm³/mol. The molecule has 0 bridgehead atoms. The molecule has 0 radical (unpaired) electrons. The second-order valence-electron chi connectivity index (χ2n) is 6.59. The molecular formula is C17H29N3O2S. The summed E-state index contributed by atoms with van der Waals surface area (Å²) in [5.41, 5.74) is 1.11. The fourth-order valence-corrected chi connectivity index (χ4v) is 2.82. The maximum Gasteiger partial charge on any atom is 0.314 e. The molecule has 2 atom stereocenters. The van der Waals surface area contributed by atoms with Crippen molar-refractivity contribution in [1.82, 2.24) is 10.6 Å². The van der Waals surface area contributed by atoms with Gasteiger partial charge in [-0.2, -0.15) is 0 Å². The number of urea groups is 1. The van der Waals surface area contributed by atoms with Gasteiger partial charge in [0, 0.05) is 53.2 Å². The van der Waals surface area contributed by atoms with Crippen molar-refractivity contribution in [2.75, 3.05) is 30.8 Å². The van der Waals surface area contributed by atoms with Gasteiger partial charge in [-0.25, -0.2) is 4.79 Å². The largest absolute Gasteiger partial charge is 0.370 e. The third-order valence-corrected chi connectivity index (χ3v) is 5.58. The standard InChI is InChI=1S/C17H29N3O2S/c1-14(20(5)15-9-7-6-8-10-15)13-19-16(21)18-11-12-23(22)17(2,3)4/h6-10,14H,11-13H2,1-5H3,(H2,18,19,21)/t14-,23-/m0/s1. The number of likely N-dealkylation sites (N-methyl/N-ethyl adjacent to an activating group) is 1. The number of benzene rings is 1. The zero-order valence-corrected chi connectivity index (χ0v) is 15.6. The lowest BCUT2D eigenvalue weighted by atomic mass is 10.2. The van der Waals surface area contributed by atoms with Crippen molar-refractivity contribution in [2.45, 2.75) is 38.5 Å². The van der Waals surface area contributed by atoms with Gasteiger partial charge in [0.05, 0.1) is 0 Å². The Bertz CT molecular complexity index is 514. The minimum atomic E-state index is -0.949. The summed E-state index contributed by atoms with van der Waals surface area (Å²) in [5, 5.41) is 5.61. The number of rotatable bonds is 7. The van der Waals surface area contributed by atoms with Crippen molar-refractivity contribution in [3.8, 4) is 0 Å². The van der Waals surface area contributed by atoms with Crippen LogP contribution in [-0.2, 0) is 10.8 Å². The Hall–Kier alpha value is -1.56. The molecule has 0 spiro atoms. The first-order valence-corrected chi connectivity index (χ1v) is 9.21. The van der Waals surface area contributed by atoms with Crippen molar-refractivity contribution in [2.24, 2.45) is 0 Å². The monoisotopic (exact) mass is 339 g/mol. The van der Waals surface area contributed by atoms with E-state index in [-0.39, 0.29) is 16.8 Å². The van der Waals surface area contributed by atoms with Crippen LogP contribution < -0.4 is 15.5 Å². The molecule has 5 nitrogen and oxygen atoms in total. The van der Waals surface area contributed by atoms with Gasteiger partial charge >= 0.3 is 6.03 Å². The maximum atomic E-state index is 11.9. The lowest BCUT2D eigenvalue weighted by molar-refractivity contribution is 0.241. The molecule has 0 aliphatic rings. The normalized spacial score (nSPS) is 14.0. The summed E-state index contributed by atoms with van der Waals surface area (Å²) >= 11 is 0. The SMILES string of the molecule is C[C@@H](CNC(=O)NCC[S@](=O)C(C)(C)C)N(C)c1ccccc1. The number of anilines is 1. The van der Waals surface area contributed by atoms with E-state index in [0.29, 0.717) is 18.8 Å². The molecule has 1 aromatic rings. The first kappa shape index (κ1) is 19.5. The van der Waals surface area contributed by atoms with Crippen molar-refractivity contribution < 1.29 is 9.00 Å². The fraction of sp³-hybridized carbons (Fsp3) is 0.588. The van der Waals surface area contributed by atoms with Gasteiger partial charge in [0.25, 0.3) is 0 Å². The quantitative estimate of drug-likeness (QED) is 0.802. The number of nitrogens with zero attached hydrogens (tertiary/aromatic N) is 1. The molecule has 2 N–H and O–H groups in total. The van der Waals surface area contributed by atoms with Crippen LogP contribution in [-0.4, -0.2) is 46.9 Å². The average molecular weight is 340 g/mol. The highest BCUT2D eigenvalue weighted by Gasteiger charge is 2.19. The van der Waals surface area contributed by atoms with Gasteiger partial charge in [-0.1, -0.05) is 18.2 Å². The Morgan fingerprint density at radius 3 is 2.39 bits per heavy atom. The van der Waals surface area contributed by atoms with Crippen molar-refractivity contribution in [3.63, 3.8) is 0 Å². The van der Waals surface area contributed by atoms with Crippen molar-refractivity contribution in [1.29, 1.82) is 0 Å². The van der Waals surface area contributed by atoms with Crippen LogP contribution >= 0.6 is 0 Å². The van der Waals surface area contributed by atoms with E-state index in [1.807, 2.05) is 58.2 Å². The van der Waals surface area contributed by atoms with E-state index >= 15 is 0 Å². The second-order valence-corrected chi connectivity index (χ2v) is 8.92. The number of nitrogens with one attached hydrogen (secondary N) is 2. The van der Waals surface area contributed by atoms with Gasteiger partial charge < -0.3 is 15.5 Å². The minimum absolute atomic E-state index is 0.173. The minimum Gasteiger partial charge on any atom is -0.370 e. The lowest BCUT2D eigenvalue weighted by Gasteiger charge is -2.27. The van der Waals surface area contributed by atoms with Crippen LogP contribution in [0.15, 0.2) is 30.3 Å². The van der Waals surface area contributed by atoms with Gasteiger partial charge in [0.1, 0.15) is 0 Å². The molecular weight excluding hydrogens is 310 g/mol. The average Bonchev–Trinajstić information content (AvgIpc) is 2.51. The van der Waals surface area contributed by atoms with E-state index in [9.17, 15) is 9.00 Å². The zero-order chi connectivity index (χ0) is 17.5. The van der Waals surface area contributed by atoms with E-state index in [2.05, 4.69) is 22.5 Å². The number of hydrogen-bond donors (Lipinski definition) is 2. The van der Waals surface area contributed by atoms with Crippen LogP contribution in [0.1, 0.15) is 27.7 Å². The van der Waals surface area contributed by atoms with E-state index in [1.165, 1.54) is 0 Å². The van der Waals surface area contributed by atoms with Gasteiger partial charge in [-0.05, 0) is 39.8 Å². The maximum absolute atomic E-state index is 11.9. The molecule has 0 unspecified atom stereocenters. The van der Waals surface area contributed by atoms with E-state index in [0.717, 1.165) is 5.69 Å². The molecule has 0 heterocycles. The van der Waals surface area contributed by atoms with Gasteiger partial charge in [0.2, 0.25) is 0 Å². The molecule has 23 heavy (non-hydrogen) atoms. The smallest absolute Gasteiger partial charge is 0.314 e. The van der Waals surface area contributed by atoms with Crippen LogP contribution in [0.2, 0.25) is 0 Å². The Morgan fingerprint density at radius 1 is 1.22 bits per heavy atom. The highest BCUT2D eigenvalue weighted by molar-refractivity contribution is 7.86. The van der Waals surface area contributed by atoms with E-state index in [1.54, 1.807) is 0 Å². The molecule has 6 heteroatoms. The lowest BCUT2D eigenvalue weighted by Crippen LogP contribution is -2.45. The Labute approximate surface area is 142 Å². The van der Waals surface area contributed by atoms with Crippen LogP contribution in [0.4, 0.5) is 10.5 Å². The highest BCUT2D eigenvalue weighted by Crippen LogP contribution is 2.13. The van der Waals surface area contributed by atoms with Crippen molar-refractivity contribution in [3.05, 3.63) is 30.3 Å². The molecule has 0 saturated heterocycles. The molecule has 0 fully saturated rings. The number of para-hydroxylation sites is 1. The number of carbonyl (C=O) groups excluding carboxylic acids is 1. The summed E-state index contributed by atoms with van der Waals surface area (Å²) in [7, 11) is 1.06. The molecule has 1 aromatic carbocycles. The first-order valence-electron chi connectivity index (χ1n) is 7.90. The molecule has 0 saturated carbocycles. The number of hydrogen-bond acceptors (Lipinski definition) is 3. The van der Waals surface area contributed by atoms with Crippen LogP contribution in [0, 0.1) is 0 Å².